The van der Waals surface area contributed by atoms with Crippen molar-refractivity contribution in [1.29, 1.82) is 0 Å². The van der Waals surface area contributed by atoms with Gasteiger partial charge in [-0.15, -0.1) is 0 Å². The summed E-state index contributed by atoms with van der Waals surface area (Å²) in [5.41, 5.74) is 5.63. The van der Waals surface area contributed by atoms with Crippen LogP contribution in [0.1, 0.15) is 38.5 Å². The molecule has 1 aromatic rings. The maximum atomic E-state index is 13.7. The number of anilines is 1. The number of nitrogens with two attached hydrogens (primary N) is 1. The van der Waals surface area contributed by atoms with Gasteiger partial charge in [-0.1, -0.05) is 19.3 Å². The van der Waals surface area contributed by atoms with Crippen LogP contribution in [0, 0.1) is 17.0 Å². The average molecular weight is 361 g/mol. The molecule has 1 fully saturated rings. The lowest BCUT2D eigenvalue weighted by Crippen LogP contribution is -2.36. The highest BCUT2D eigenvalue weighted by Crippen LogP contribution is 2.39. The first-order valence-electron chi connectivity index (χ1n) is 7.10. The summed E-state index contributed by atoms with van der Waals surface area (Å²) in [4.78, 5) is 12.2. The Labute approximate surface area is 131 Å². The molecule has 6 heteroatoms. The minimum atomic E-state index is -0.791. The summed E-state index contributed by atoms with van der Waals surface area (Å²) in [5, 5.41) is 2.53. The molecule has 1 amide bonds. The summed E-state index contributed by atoms with van der Waals surface area (Å²) < 4.78 is 26.9. The van der Waals surface area contributed by atoms with E-state index < -0.39 is 11.6 Å². The molecule has 3 nitrogen and oxygen atoms in total. The number of halogens is 3. The van der Waals surface area contributed by atoms with E-state index in [9.17, 15) is 13.6 Å². The van der Waals surface area contributed by atoms with Crippen LogP contribution in [-0.4, -0.2) is 12.5 Å². The molecule has 1 aliphatic carbocycles. The number of amides is 1. The first kappa shape index (κ1) is 16.4. The minimum absolute atomic E-state index is 0.0237. The summed E-state index contributed by atoms with van der Waals surface area (Å²) in [6.07, 6.45) is 5.42. The Hall–Kier alpha value is -1.01. The summed E-state index contributed by atoms with van der Waals surface area (Å²) in [5.74, 6) is -1.77. The molecule has 0 spiro atoms. The Balaban J connectivity index is 2.08. The van der Waals surface area contributed by atoms with Crippen LogP contribution in [0.4, 0.5) is 14.5 Å². The van der Waals surface area contributed by atoms with Gasteiger partial charge in [0, 0.05) is 17.0 Å². The van der Waals surface area contributed by atoms with Gasteiger partial charge >= 0.3 is 0 Å². The van der Waals surface area contributed by atoms with E-state index in [0.29, 0.717) is 6.54 Å². The van der Waals surface area contributed by atoms with Crippen LogP contribution >= 0.6 is 15.9 Å². The van der Waals surface area contributed by atoms with Gasteiger partial charge in [0.2, 0.25) is 5.91 Å². The first-order valence-corrected chi connectivity index (χ1v) is 7.89. The van der Waals surface area contributed by atoms with Gasteiger partial charge in [-0.3, -0.25) is 4.79 Å². The Morgan fingerprint density at radius 3 is 2.52 bits per heavy atom. The molecule has 0 aliphatic heterocycles. The van der Waals surface area contributed by atoms with Crippen molar-refractivity contribution in [2.75, 3.05) is 11.9 Å². The second-order valence-electron chi connectivity index (χ2n) is 5.73. The van der Waals surface area contributed by atoms with E-state index >= 15 is 0 Å². The Bertz CT molecular complexity index is 507. The molecule has 0 unspecified atom stereocenters. The third-order valence-electron chi connectivity index (χ3n) is 4.15. The molecule has 21 heavy (non-hydrogen) atoms. The van der Waals surface area contributed by atoms with Crippen molar-refractivity contribution >= 4 is 27.5 Å². The van der Waals surface area contributed by atoms with Gasteiger partial charge in [-0.25, -0.2) is 8.78 Å². The number of hydrogen-bond acceptors (Lipinski definition) is 2. The zero-order valence-electron chi connectivity index (χ0n) is 11.7. The third-order valence-corrected chi connectivity index (χ3v) is 4.78. The molecule has 116 valence electrons. The molecule has 1 aromatic carbocycles. The minimum Gasteiger partial charge on any atom is -0.330 e. The fourth-order valence-electron chi connectivity index (χ4n) is 2.94. The van der Waals surface area contributed by atoms with Crippen LogP contribution in [0.25, 0.3) is 0 Å². The van der Waals surface area contributed by atoms with Gasteiger partial charge in [0.05, 0.1) is 5.69 Å². The SMILES string of the molecule is NCC1(CC(=O)Nc2c(F)cc(F)cc2Br)CCCCC1. The number of carbonyl (C=O) groups excluding carboxylic acids is 1. The fourth-order valence-corrected chi connectivity index (χ4v) is 3.45. The van der Waals surface area contributed by atoms with E-state index in [1.165, 1.54) is 6.42 Å². The van der Waals surface area contributed by atoms with E-state index in [4.69, 9.17) is 5.73 Å². The van der Waals surface area contributed by atoms with Crippen LogP contribution in [0.15, 0.2) is 16.6 Å². The van der Waals surface area contributed by atoms with E-state index in [2.05, 4.69) is 21.2 Å². The van der Waals surface area contributed by atoms with Crippen molar-refractivity contribution in [1.82, 2.24) is 0 Å². The number of rotatable bonds is 4. The third kappa shape index (κ3) is 4.01. The average Bonchev–Trinajstić information content (AvgIpc) is 2.44. The van der Waals surface area contributed by atoms with Gasteiger partial charge in [0.15, 0.2) is 5.82 Å². The maximum Gasteiger partial charge on any atom is 0.225 e. The van der Waals surface area contributed by atoms with E-state index in [-0.39, 0.29) is 27.9 Å². The predicted molar refractivity (Wildman–Crippen MR) is 81.9 cm³/mol. The van der Waals surface area contributed by atoms with Crippen LogP contribution in [0.3, 0.4) is 0 Å². The molecule has 1 aliphatic rings. The molecule has 0 bridgehead atoms. The van der Waals surface area contributed by atoms with Crippen molar-refractivity contribution in [2.45, 2.75) is 38.5 Å². The van der Waals surface area contributed by atoms with Crippen molar-refractivity contribution < 1.29 is 13.6 Å². The van der Waals surface area contributed by atoms with Crippen LogP contribution in [0.5, 0.6) is 0 Å². The van der Waals surface area contributed by atoms with Gasteiger partial charge in [0.1, 0.15) is 5.82 Å². The molecule has 2 rings (SSSR count). The van der Waals surface area contributed by atoms with Crippen LogP contribution < -0.4 is 11.1 Å². The summed E-state index contributed by atoms with van der Waals surface area (Å²) in [7, 11) is 0. The summed E-state index contributed by atoms with van der Waals surface area (Å²) in [6.45, 7) is 0.452. The van der Waals surface area contributed by atoms with Gasteiger partial charge in [-0.2, -0.15) is 0 Å². The molecule has 0 aromatic heterocycles. The monoisotopic (exact) mass is 360 g/mol. The molecule has 0 atom stereocenters. The van der Waals surface area contributed by atoms with Crippen molar-refractivity contribution in [3.63, 3.8) is 0 Å². The molecular formula is C15H19BrF2N2O. The quantitative estimate of drug-likeness (QED) is 0.853. The zero-order chi connectivity index (χ0) is 15.5. The number of nitrogens with one attached hydrogen (secondary N) is 1. The fraction of sp³-hybridized carbons (Fsp3) is 0.533. The Morgan fingerprint density at radius 1 is 1.29 bits per heavy atom. The highest BCUT2D eigenvalue weighted by atomic mass is 79.9. The normalized spacial score (nSPS) is 17.5. The van der Waals surface area contributed by atoms with Crippen LogP contribution in [0.2, 0.25) is 0 Å². The molecule has 0 heterocycles. The molecule has 0 saturated heterocycles. The van der Waals surface area contributed by atoms with Crippen LogP contribution in [-0.2, 0) is 4.79 Å². The number of hydrogen-bond donors (Lipinski definition) is 2. The summed E-state index contributed by atoms with van der Waals surface area (Å²) in [6, 6.07) is 1.87. The Morgan fingerprint density at radius 2 is 1.95 bits per heavy atom. The van der Waals surface area contributed by atoms with Gasteiger partial charge in [-0.05, 0) is 46.8 Å². The largest absolute Gasteiger partial charge is 0.330 e. The zero-order valence-corrected chi connectivity index (χ0v) is 13.3. The van der Waals surface area contributed by atoms with Gasteiger partial charge in [0.25, 0.3) is 0 Å². The molecule has 0 radical (unpaired) electrons. The van der Waals surface area contributed by atoms with E-state index in [1.54, 1.807) is 0 Å². The predicted octanol–water partition coefficient (Wildman–Crippen LogP) is 3.97. The first-order chi connectivity index (χ1) is 9.96. The number of benzene rings is 1. The van der Waals surface area contributed by atoms with Crippen molar-refractivity contribution in [3.8, 4) is 0 Å². The lowest BCUT2D eigenvalue weighted by atomic mass is 9.71. The Kier molecular flexibility index (Phi) is 5.32. The lowest BCUT2D eigenvalue weighted by molar-refractivity contribution is -0.118. The summed E-state index contributed by atoms with van der Waals surface area (Å²) >= 11 is 3.06. The molecule has 3 N–H and O–H groups in total. The number of carbonyl (C=O) groups is 1. The van der Waals surface area contributed by atoms with E-state index in [1.807, 2.05) is 0 Å². The van der Waals surface area contributed by atoms with Crippen molar-refractivity contribution in [2.24, 2.45) is 11.1 Å². The highest BCUT2D eigenvalue weighted by Gasteiger charge is 2.33. The smallest absolute Gasteiger partial charge is 0.225 e. The topological polar surface area (TPSA) is 55.1 Å². The standard InChI is InChI=1S/C15H19BrF2N2O/c16-11-6-10(17)7-12(18)14(11)20-13(21)8-15(9-19)4-2-1-3-5-15/h6-7H,1-5,8-9,19H2,(H,20,21). The van der Waals surface area contributed by atoms with Crippen molar-refractivity contribution in [3.05, 3.63) is 28.2 Å². The maximum absolute atomic E-state index is 13.7. The van der Waals surface area contributed by atoms with E-state index in [0.717, 1.165) is 37.8 Å². The second kappa shape index (κ2) is 6.83. The molecular weight excluding hydrogens is 342 g/mol. The highest BCUT2D eigenvalue weighted by molar-refractivity contribution is 9.10. The lowest BCUT2D eigenvalue weighted by Gasteiger charge is -2.35. The van der Waals surface area contributed by atoms with Gasteiger partial charge < -0.3 is 11.1 Å². The second-order valence-corrected chi connectivity index (χ2v) is 6.59. The molecule has 1 saturated carbocycles.